The molecule has 0 aliphatic heterocycles. The van der Waals surface area contributed by atoms with Crippen molar-refractivity contribution in [2.24, 2.45) is 0 Å². The van der Waals surface area contributed by atoms with Gasteiger partial charge in [-0.3, -0.25) is 0 Å². The minimum atomic E-state index is 1.11. The number of hydrogen-bond donors (Lipinski definition) is 0. The molecule has 0 amide bonds. The van der Waals surface area contributed by atoms with Crippen molar-refractivity contribution < 1.29 is 0 Å². The molecule has 0 unspecified atom stereocenters. The first-order valence-electron chi connectivity index (χ1n) is 11.7. The quantitative estimate of drug-likeness (QED) is 0.254. The Morgan fingerprint density at radius 1 is 0.500 bits per heavy atom. The lowest BCUT2D eigenvalue weighted by Crippen LogP contribution is -1.94. The predicted molar refractivity (Wildman–Crippen MR) is 141 cm³/mol. The van der Waals surface area contributed by atoms with Gasteiger partial charge >= 0.3 is 0 Å². The average Bonchev–Trinajstić information content (AvgIpc) is 2.85. The Bertz CT molecular complexity index is 1590. The lowest BCUT2D eigenvalue weighted by Gasteiger charge is -2.18. The summed E-state index contributed by atoms with van der Waals surface area (Å²) in [6.45, 7) is 2.28. The van der Waals surface area contributed by atoms with Gasteiger partial charge in [0.2, 0.25) is 0 Å². The second-order valence-electron chi connectivity index (χ2n) is 8.81. The van der Waals surface area contributed by atoms with Crippen LogP contribution >= 0.6 is 0 Å². The van der Waals surface area contributed by atoms with Crippen LogP contribution in [0, 0.1) is 0 Å². The van der Waals surface area contributed by atoms with E-state index in [9.17, 15) is 0 Å². The van der Waals surface area contributed by atoms with Crippen LogP contribution in [0.5, 0.6) is 0 Å². The lowest BCUT2D eigenvalue weighted by molar-refractivity contribution is 0.802. The molecule has 0 N–H and O–H groups in total. The molecule has 6 rings (SSSR count). The highest BCUT2D eigenvalue weighted by molar-refractivity contribution is 6.18. The number of rotatable bonds is 4. The van der Waals surface area contributed by atoms with Crippen LogP contribution in [0.4, 0.5) is 0 Å². The summed E-state index contributed by atoms with van der Waals surface area (Å²) in [5.41, 5.74) is 4.13. The third-order valence-corrected chi connectivity index (χ3v) is 6.80. The van der Waals surface area contributed by atoms with E-state index in [0.29, 0.717) is 0 Å². The van der Waals surface area contributed by atoms with Gasteiger partial charge in [0.15, 0.2) is 0 Å². The van der Waals surface area contributed by atoms with E-state index in [4.69, 9.17) is 0 Å². The van der Waals surface area contributed by atoms with Crippen LogP contribution < -0.4 is 0 Å². The average molecular weight is 411 g/mol. The molecule has 154 valence electrons. The van der Waals surface area contributed by atoms with Gasteiger partial charge < -0.3 is 0 Å². The minimum absolute atomic E-state index is 1.11. The van der Waals surface area contributed by atoms with Gasteiger partial charge in [-0.05, 0) is 96.9 Å². The molecule has 0 atom stereocenters. The summed E-state index contributed by atoms with van der Waals surface area (Å²) in [5, 5.41) is 10.8. The minimum Gasteiger partial charge on any atom is -0.0654 e. The van der Waals surface area contributed by atoms with Crippen LogP contribution in [-0.4, -0.2) is 0 Å². The highest BCUT2D eigenvalue weighted by atomic mass is 14.2. The molecule has 0 nitrogen and oxygen atoms in total. The van der Waals surface area contributed by atoms with Gasteiger partial charge in [0.05, 0.1) is 0 Å². The molecule has 0 spiro atoms. The summed E-state index contributed by atoms with van der Waals surface area (Å²) >= 11 is 0. The molecule has 0 aliphatic rings. The van der Waals surface area contributed by atoms with E-state index in [-0.39, 0.29) is 0 Å². The molecule has 6 aromatic carbocycles. The SMILES string of the molecule is CCCCc1c2ccccc2c(-c2ccccc2)c2cc3cc4ccccc4cc3cc12. The summed E-state index contributed by atoms with van der Waals surface area (Å²) in [6, 6.07) is 38.1. The smallest absolute Gasteiger partial charge is 0.00264 e. The van der Waals surface area contributed by atoms with E-state index in [0.717, 1.165) is 6.42 Å². The Labute approximate surface area is 189 Å². The molecular formula is C32H26. The number of aryl methyl sites for hydroxylation is 1. The second kappa shape index (κ2) is 7.80. The van der Waals surface area contributed by atoms with Crippen molar-refractivity contribution in [3.63, 3.8) is 0 Å². The van der Waals surface area contributed by atoms with Crippen molar-refractivity contribution in [1.29, 1.82) is 0 Å². The van der Waals surface area contributed by atoms with Crippen molar-refractivity contribution in [3.8, 4) is 11.1 Å². The summed E-state index contributed by atoms with van der Waals surface area (Å²) in [7, 11) is 0. The number of hydrogen-bond acceptors (Lipinski definition) is 0. The zero-order valence-electron chi connectivity index (χ0n) is 18.4. The molecule has 0 bridgehead atoms. The van der Waals surface area contributed by atoms with E-state index in [1.807, 2.05) is 0 Å². The van der Waals surface area contributed by atoms with E-state index in [1.165, 1.54) is 72.6 Å². The summed E-state index contributed by atoms with van der Waals surface area (Å²) < 4.78 is 0. The number of benzene rings is 6. The van der Waals surface area contributed by atoms with Crippen LogP contribution in [0.15, 0.2) is 103 Å². The molecule has 0 fully saturated rings. The van der Waals surface area contributed by atoms with Gasteiger partial charge in [0.1, 0.15) is 0 Å². The first kappa shape index (κ1) is 19.1. The predicted octanol–water partition coefficient (Wildman–Crippen LogP) is 9.31. The Balaban J connectivity index is 1.81. The van der Waals surface area contributed by atoms with Gasteiger partial charge in [-0.25, -0.2) is 0 Å². The van der Waals surface area contributed by atoms with Crippen LogP contribution in [0.2, 0.25) is 0 Å². The van der Waals surface area contributed by atoms with Crippen molar-refractivity contribution in [2.75, 3.05) is 0 Å². The maximum atomic E-state index is 2.45. The van der Waals surface area contributed by atoms with Gasteiger partial charge in [-0.15, -0.1) is 0 Å². The molecule has 32 heavy (non-hydrogen) atoms. The van der Waals surface area contributed by atoms with Gasteiger partial charge in [0, 0.05) is 0 Å². The van der Waals surface area contributed by atoms with Crippen molar-refractivity contribution in [2.45, 2.75) is 26.2 Å². The molecule has 0 aliphatic carbocycles. The second-order valence-corrected chi connectivity index (χ2v) is 8.81. The summed E-state index contributed by atoms with van der Waals surface area (Å²) in [6.07, 6.45) is 3.52. The standard InChI is InChI=1S/C32H26/c1-2-3-15-28-27-16-9-10-17-29(27)32(22-11-5-4-6-12-22)31-21-26-19-24-14-8-7-13-23(24)18-25(26)20-30(28)31/h4-14,16-21H,2-3,15H2,1H3. The fraction of sp³-hybridized carbons (Fsp3) is 0.125. The highest BCUT2D eigenvalue weighted by Crippen LogP contribution is 2.41. The molecule has 0 saturated heterocycles. The number of fused-ring (bicyclic) bond motifs is 4. The fourth-order valence-corrected chi connectivity index (χ4v) is 5.24. The zero-order valence-corrected chi connectivity index (χ0v) is 18.4. The molecular weight excluding hydrogens is 384 g/mol. The first-order chi connectivity index (χ1) is 15.8. The first-order valence-corrected chi connectivity index (χ1v) is 11.7. The lowest BCUT2D eigenvalue weighted by atomic mass is 9.85. The molecule has 0 saturated carbocycles. The van der Waals surface area contributed by atoms with E-state index in [2.05, 4.69) is 110 Å². The Hall–Kier alpha value is -3.64. The largest absolute Gasteiger partial charge is 0.0654 e. The van der Waals surface area contributed by atoms with Gasteiger partial charge in [0.25, 0.3) is 0 Å². The van der Waals surface area contributed by atoms with E-state index >= 15 is 0 Å². The van der Waals surface area contributed by atoms with Gasteiger partial charge in [-0.1, -0.05) is 92.2 Å². The fourth-order valence-electron chi connectivity index (χ4n) is 5.24. The van der Waals surface area contributed by atoms with Crippen LogP contribution in [0.25, 0.3) is 54.2 Å². The van der Waals surface area contributed by atoms with E-state index < -0.39 is 0 Å². The molecule has 0 radical (unpaired) electrons. The summed E-state index contributed by atoms with van der Waals surface area (Å²) in [4.78, 5) is 0. The van der Waals surface area contributed by atoms with Crippen molar-refractivity contribution in [1.82, 2.24) is 0 Å². The third kappa shape index (κ3) is 3.07. The molecule has 0 heterocycles. The van der Waals surface area contributed by atoms with Crippen molar-refractivity contribution in [3.05, 3.63) is 109 Å². The number of unbranched alkanes of at least 4 members (excludes halogenated alkanes) is 1. The van der Waals surface area contributed by atoms with Crippen LogP contribution in [0.1, 0.15) is 25.3 Å². The Morgan fingerprint density at radius 2 is 1.09 bits per heavy atom. The normalized spacial score (nSPS) is 11.7. The maximum absolute atomic E-state index is 2.45. The molecule has 0 heteroatoms. The molecule has 6 aromatic rings. The van der Waals surface area contributed by atoms with Gasteiger partial charge in [-0.2, -0.15) is 0 Å². The Kier molecular flexibility index (Phi) is 4.65. The van der Waals surface area contributed by atoms with Crippen molar-refractivity contribution >= 4 is 43.1 Å². The zero-order chi connectivity index (χ0) is 21.5. The molecule has 0 aromatic heterocycles. The topological polar surface area (TPSA) is 0 Å². The van der Waals surface area contributed by atoms with E-state index in [1.54, 1.807) is 0 Å². The van der Waals surface area contributed by atoms with Crippen LogP contribution in [0.3, 0.4) is 0 Å². The Morgan fingerprint density at radius 3 is 1.78 bits per heavy atom. The van der Waals surface area contributed by atoms with Crippen LogP contribution in [-0.2, 0) is 6.42 Å². The summed E-state index contributed by atoms with van der Waals surface area (Å²) in [5.74, 6) is 0. The third-order valence-electron chi connectivity index (χ3n) is 6.80. The monoisotopic (exact) mass is 410 g/mol. The highest BCUT2D eigenvalue weighted by Gasteiger charge is 2.16. The maximum Gasteiger partial charge on any atom is -0.00264 e.